The topological polar surface area (TPSA) is 12.0 Å². The van der Waals surface area contributed by atoms with Crippen molar-refractivity contribution < 1.29 is 0 Å². The van der Waals surface area contributed by atoms with E-state index >= 15 is 0 Å². The summed E-state index contributed by atoms with van der Waals surface area (Å²) < 4.78 is 0. The Kier molecular flexibility index (Phi) is 3.56. The lowest BCUT2D eigenvalue weighted by Crippen LogP contribution is -2.51. The van der Waals surface area contributed by atoms with Crippen LogP contribution in [0, 0.1) is 28.6 Å². The van der Waals surface area contributed by atoms with E-state index in [-0.39, 0.29) is 0 Å². The Hall–Kier alpha value is -0.300. The first-order valence-electron chi connectivity index (χ1n) is 8.72. The highest BCUT2D eigenvalue weighted by Crippen LogP contribution is 2.62. The molecule has 1 heteroatoms. The molecule has 0 radical (unpaired) electrons. The zero-order chi connectivity index (χ0) is 14.5. The molecule has 2 fully saturated rings. The van der Waals surface area contributed by atoms with Gasteiger partial charge >= 0.3 is 0 Å². The fraction of sp³-hybridized carbons (Fsp3) is 0.895. The molecule has 0 amide bonds. The highest BCUT2D eigenvalue weighted by molar-refractivity contribution is 5.12. The number of hydrogen-bond donors (Lipinski definition) is 1. The van der Waals surface area contributed by atoms with Gasteiger partial charge in [-0.15, -0.1) is 0 Å². The number of fused-ring (bicyclic) bond motifs is 2. The van der Waals surface area contributed by atoms with Crippen molar-refractivity contribution in [3.05, 3.63) is 11.6 Å². The third-order valence-corrected chi connectivity index (χ3v) is 6.77. The van der Waals surface area contributed by atoms with Crippen LogP contribution in [-0.4, -0.2) is 12.6 Å². The van der Waals surface area contributed by atoms with Gasteiger partial charge in [-0.2, -0.15) is 0 Å². The molecular formula is C19H33N. The summed E-state index contributed by atoms with van der Waals surface area (Å²) in [6.07, 6.45) is 9.52. The summed E-state index contributed by atoms with van der Waals surface area (Å²) in [6.45, 7) is 13.5. The van der Waals surface area contributed by atoms with E-state index in [1.165, 1.54) is 38.6 Å². The van der Waals surface area contributed by atoms with Gasteiger partial charge in [-0.05, 0) is 74.2 Å². The molecule has 1 nitrogen and oxygen atoms in total. The molecule has 1 N–H and O–H groups in total. The lowest BCUT2D eigenvalue weighted by Gasteiger charge is -2.44. The van der Waals surface area contributed by atoms with Crippen molar-refractivity contribution >= 4 is 0 Å². The maximum Gasteiger partial charge on any atom is 0.0175 e. The van der Waals surface area contributed by atoms with Crippen molar-refractivity contribution in [1.82, 2.24) is 5.32 Å². The maximum absolute atomic E-state index is 4.03. The molecule has 3 aliphatic rings. The van der Waals surface area contributed by atoms with Gasteiger partial charge in [0.25, 0.3) is 0 Å². The molecule has 20 heavy (non-hydrogen) atoms. The molecule has 114 valence electrons. The fourth-order valence-corrected chi connectivity index (χ4v) is 5.94. The van der Waals surface area contributed by atoms with Crippen LogP contribution in [0.2, 0.25) is 0 Å². The van der Waals surface area contributed by atoms with E-state index in [9.17, 15) is 0 Å². The van der Waals surface area contributed by atoms with E-state index in [1.807, 2.05) is 0 Å². The molecule has 0 spiro atoms. The Labute approximate surface area is 125 Å². The van der Waals surface area contributed by atoms with Gasteiger partial charge in [0.15, 0.2) is 0 Å². The van der Waals surface area contributed by atoms with Gasteiger partial charge in [-0.1, -0.05) is 39.3 Å². The third kappa shape index (κ3) is 2.36. The molecule has 2 saturated carbocycles. The number of hydrogen-bond acceptors (Lipinski definition) is 1. The molecule has 0 aromatic heterocycles. The lowest BCUT2D eigenvalue weighted by atomic mass is 9.68. The van der Waals surface area contributed by atoms with Crippen LogP contribution in [0.1, 0.15) is 66.7 Å². The highest BCUT2D eigenvalue weighted by atomic mass is 15.0. The van der Waals surface area contributed by atoms with Crippen LogP contribution in [0.4, 0.5) is 0 Å². The van der Waals surface area contributed by atoms with Crippen LogP contribution < -0.4 is 5.32 Å². The van der Waals surface area contributed by atoms with Crippen LogP contribution in [-0.2, 0) is 0 Å². The number of allylic oxidation sites excluding steroid dienone is 2. The van der Waals surface area contributed by atoms with Crippen molar-refractivity contribution in [3.63, 3.8) is 0 Å². The van der Waals surface area contributed by atoms with Crippen LogP contribution >= 0.6 is 0 Å². The average molecular weight is 275 g/mol. The first-order valence-corrected chi connectivity index (χ1v) is 8.72. The maximum atomic E-state index is 4.03. The summed E-state index contributed by atoms with van der Waals surface area (Å²) in [5, 5.41) is 4.03. The number of rotatable bonds is 3. The van der Waals surface area contributed by atoms with E-state index in [2.05, 4.69) is 46.0 Å². The van der Waals surface area contributed by atoms with Crippen molar-refractivity contribution in [3.8, 4) is 0 Å². The van der Waals surface area contributed by atoms with E-state index in [0.717, 1.165) is 23.8 Å². The second-order valence-corrected chi connectivity index (χ2v) is 9.05. The monoisotopic (exact) mass is 275 g/mol. The molecule has 2 bridgehead atoms. The molecule has 0 heterocycles. The van der Waals surface area contributed by atoms with Crippen LogP contribution in [0.5, 0.6) is 0 Å². The molecule has 0 saturated heterocycles. The number of nitrogens with one attached hydrogen (secondary N) is 1. The summed E-state index contributed by atoms with van der Waals surface area (Å²) in [6, 6.07) is 0.732. The van der Waals surface area contributed by atoms with Crippen LogP contribution in [0.25, 0.3) is 0 Å². The molecule has 3 aliphatic carbocycles. The second kappa shape index (κ2) is 4.87. The normalized spacial score (nSPS) is 46.5. The van der Waals surface area contributed by atoms with Gasteiger partial charge in [0, 0.05) is 6.04 Å². The zero-order valence-corrected chi connectivity index (χ0v) is 14.1. The molecular weight excluding hydrogens is 242 g/mol. The minimum absolute atomic E-state index is 0.498. The Morgan fingerprint density at radius 1 is 1.30 bits per heavy atom. The van der Waals surface area contributed by atoms with Gasteiger partial charge in [-0.3, -0.25) is 0 Å². The predicted octanol–water partition coefficient (Wildman–Crippen LogP) is 4.78. The quantitative estimate of drug-likeness (QED) is 0.731. The minimum Gasteiger partial charge on any atom is -0.313 e. The SMILES string of the molecule is CC1=CC(C)CC(CNC2C3(C)CCC(C3)C2(C)C)C1. The zero-order valence-electron chi connectivity index (χ0n) is 14.1. The Bertz CT molecular complexity index is 403. The highest BCUT2D eigenvalue weighted by Gasteiger charge is 2.58. The summed E-state index contributed by atoms with van der Waals surface area (Å²) in [5.41, 5.74) is 2.67. The summed E-state index contributed by atoms with van der Waals surface area (Å²) in [5.74, 6) is 2.59. The smallest absolute Gasteiger partial charge is 0.0175 e. The molecule has 3 rings (SSSR count). The molecule has 0 aromatic rings. The van der Waals surface area contributed by atoms with E-state index in [0.29, 0.717) is 10.8 Å². The third-order valence-electron chi connectivity index (χ3n) is 6.77. The Balaban J connectivity index is 1.63. The van der Waals surface area contributed by atoms with Crippen molar-refractivity contribution in [2.24, 2.45) is 28.6 Å². The van der Waals surface area contributed by atoms with Crippen molar-refractivity contribution in [1.29, 1.82) is 0 Å². The van der Waals surface area contributed by atoms with Gasteiger partial charge in [-0.25, -0.2) is 0 Å². The summed E-state index contributed by atoms with van der Waals surface area (Å²) in [4.78, 5) is 0. The standard InChI is InChI=1S/C19H33N/c1-13-8-14(2)10-15(9-13)12-20-17-18(3,4)16-6-7-19(17,5)11-16/h8,13,15-17,20H,6-7,9-12H2,1-5H3. The van der Waals surface area contributed by atoms with Crippen LogP contribution in [0.15, 0.2) is 11.6 Å². The first-order chi connectivity index (χ1) is 9.31. The molecule has 0 aliphatic heterocycles. The van der Waals surface area contributed by atoms with E-state index in [1.54, 1.807) is 5.57 Å². The predicted molar refractivity (Wildman–Crippen MR) is 86.7 cm³/mol. The summed E-state index contributed by atoms with van der Waals surface area (Å²) >= 11 is 0. The average Bonchev–Trinajstić information content (AvgIpc) is 2.78. The molecule has 0 aromatic carbocycles. The minimum atomic E-state index is 0.498. The fourth-order valence-electron chi connectivity index (χ4n) is 5.94. The van der Waals surface area contributed by atoms with Crippen LogP contribution in [0.3, 0.4) is 0 Å². The van der Waals surface area contributed by atoms with Crippen molar-refractivity contribution in [2.75, 3.05) is 6.54 Å². The van der Waals surface area contributed by atoms with Crippen molar-refractivity contribution in [2.45, 2.75) is 72.8 Å². The van der Waals surface area contributed by atoms with E-state index in [4.69, 9.17) is 0 Å². The largest absolute Gasteiger partial charge is 0.313 e. The second-order valence-electron chi connectivity index (χ2n) is 9.05. The lowest BCUT2D eigenvalue weighted by molar-refractivity contribution is 0.104. The van der Waals surface area contributed by atoms with Gasteiger partial charge < -0.3 is 5.32 Å². The molecule has 5 atom stereocenters. The van der Waals surface area contributed by atoms with E-state index < -0.39 is 0 Å². The summed E-state index contributed by atoms with van der Waals surface area (Å²) in [7, 11) is 0. The Morgan fingerprint density at radius 2 is 2.05 bits per heavy atom. The molecule has 5 unspecified atom stereocenters. The Morgan fingerprint density at radius 3 is 2.65 bits per heavy atom. The van der Waals surface area contributed by atoms with Gasteiger partial charge in [0.1, 0.15) is 0 Å². The van der Waals surface area contributed by atoms with Gasteiger partial charge in [0.05, 0.1) is 0 Å². The first kappa shape index (κ1) is 14.6. The van der Waals surface area contributed by atoms with Gasteiger partial charge in [0.2, 0.25) is 0 Å².